The van der Waals surface area contributed by atoms with E-state index < -0.39 is 137 Å². The predicted octanol–water partition coefficient (Wildman–Crippen LogP) is -5.49. The van der Waals surface area contributed by atoms with Crippen molar-refractivity contribution in [3.05, 3.63) is 0 Å². The van der Waals surface area contributed by atoms with Crippen molar-refractivity contribution in [2.24, 2.45) is 11.8 Å². The summed E-state index contributed by atoms with van der Waals surface area (Å²) in [5, 5.41) is 112. The van der Waals surface area contributed by atoms with Crippen LogP contribution in [0.15, 0.2) is 0 Å². The zero-order valence-corrected chi connectivity index (χ0v) is 26.3. The van der Waals surface area contributed by atoms with E-state index in [9.17, 15) is 56.2 Å². The summed E-state index contributed by atoms with van der Waals surface area (Å²) in [7, 11) is 0. The molecular formula is C28H52O18. The molecule has 19 atom stereocenters. The first-order chi connectivity index (χ1) is 21.7. The molecule has 0 amide bonds. The molecular weight excluding hydrogens is 624 g/mol. The Bertz CT molecular complexity index is 879. The standard InChI is InChI=1S/C28H52O18/c1-10-13(4)41-16(7-31)24(19(10)35)45-26-11(2)20(36)25(17(8-32)43-26)46-27(14(34)5-29)44-18(12(3)33)9-40-28-23(39)22(38)21(37)15(6-30)42-28/h10-39H,5-9H2,1-4H3/t10-,11+,12+,13+,14-,15?,16?,17?,18?,19?,20?,21-,22?,23-,24-,25-,26+,27+,28+/m1/s1. The number of aliphatic hydroxyl groups excluding tert-OH is 11. The van der Waals surface area contributed by atoms with E-state index in [0.717, 1.165) is 0 Å². The lowest BCUT2D eigenvalue weighted by Crippen LogP contribution is -2.62. The second-order valence-electron chi connectivity index (χ2n) is 12.3. The molecule has 0 saturated carbocycles. The highest BCUT2D eigenvalue weighted by Gasteiger charge is 2.50. The Morgan fingerprint density at radius 2 is 1.22 bits per heavy atom. The highest BCUT2D eigenvalue weighted by atomic mass is 16.8. The summed E-state index contributed by atoms with van der Waals surface area (Å²) in [5.41, 5.74) is 0. The van der Waals surface area contributed by atoms with Gasteiger partial charge in [0.15, 0.2) is 18.9 Å². The van der Waals surface area contributed by atoms with Gasteiger partial charge in [-0.15, -0.1) is 0 Å². The zero-order chi connectivity index (χ0) is 34.5. The van der Waals surface area contributed by atoms with Crippen LogP contribution in [0.1, 0.15) is 27.7 Å². The minimum Gasteiger partial charge on any atom is -0.394 e. The van der Waals surface area contributed by atoms with Crippen LogP contribution in [0.3, 0.4) is 0 Å². The van der Waals surface area contributed by atoms with Crippen LogP contribution in [0.4, 0.5) is 0 Å². The Labute approximate surface area is 266 Å². The Morgan fingerprint density at radius 1 is 0.652 bits per heavy atom. The van der Waals surface area contributed by atoms with E-state index in [1.165, 1.54) is 6.92 Å². The maximum absolute atomic E-state index is 11.2. The summed E-state index contributed by atoms with van der Waals surface area (Å²) < 4.78 is 40.0. The highest BCUT2D eigenvalue weighted by molar-refractivity contribution is 4.94. The molecule has 0 aliphatic carbocycles. The minimum atomic E-state index is -1.75. The summed E-state index contributed by atoms with van der Waals surface area (Å²) in [6.07, 6.45) is -22.7. The molecule has 46 heavy (non-hydrogen) atoms. The lowest BCUT2D eigenvalue weighted by molar-refractivity contribution is -0.353. The molecule has 0 bridgehead atoms. The SMILES string of the molecule is C[C@H](O)C(CO[C@H]1OC(CO)[C@@H](O)C(O)[C@H]1O)O[C@@H](O[C@@H]1C(CO)O[C@@H](O[C@@H]2C(CO)O[C@@H](C)[C@@H](C)C2O)[C@@H](C)C1O)[C@H](O)CO. The van der Waals surface area contributed by atoms with Gasteiger partial charge in [0.1, 0.15) is 61.0 Å². The molecule has 11 N–H and O–H groups in total. The van der Waals surface area contributed by atoms with Gasteiger partial charge in [0.25, 0.3) is 0 Å². The van der Waals surface area contributed by atoms with Crippen LogP contribution in [0.2, 0.25) is 0 Å². The van der Waals surface area contributed by atoms with Crippen molar-refractivity contribution < 1.29 is 89.3 Å². The van der Waals surface area contributed by atoms with Gasteiger partial charge in [-0.25, -0.2) is 0 Å². The molecule has 7 unspecified atom stereocenters. The molecule has 3 aliphatic heterocycles. The second kappa shape index (κ2) is 17.8. The van der Waals surface area contributed by atoms with Crippen LogP contribution in [0.5, 0.6) is 0 Å². The minimum absolute atomic E-state index is 0.356. The van der Waals surface area contributed by atoms with E-state index in [2.05, 4.69) is 0 Å². The van der Waals surface area contributed by atoms with E-state index in [-0.39, 0.29) is 12.0 Å². The van der Waals surface area contributed by atoms with Gasteiger partial charge in [-0.3, -0.25) is 0 Å². The molecule has 18 heteroatoms. The number of hydrogen-bond acceptors (Lipinski definition) is 18. The molecule has 0 aromatic rings. The Kier molecular flexibility index (Phi) is 15.4. The van der Waals surface area contributed by atoms with Gasteiger partial charge in [-0.1, -0.05) is 13.8 Å². The molecule has 0 spiro atoms. The van der Waals surface area contributed by atoms with E-state index in [1.807, 2.05) is 0 Å². The molecule has 0 radical (unpaired) electrons. The first-order valence-electron chi connectivity index (χ1n) is 15.4. The van der Waals surface area contributed by atoms with Crippen molar-refractivity contribution >= 4 is 0 Å². The van der Waals surface area contributed by atoms with Gasteiger partial charge >= 0.3 is 0 Å². The van der Waals surface area contributed by atoms with Crippen LogP contribution in [-0.4, -0.2) is 194 Å². The first-order valence-corrected chi connectivity index (χ1v) is 15.4. The maximum Gasteiger partial charge on any atom is 0.186 e. The van der Waals surface area contributed by atoms with E-state index in [4.69, 9.17) is 33.2 Å². The monoisotopic (exact) mass is 676 g/mol. The Balaban J connectivity index is 1.71. The Hall–Kier alpha value is -0.720. The van der Waals surface area contributed by atoms with Crippen molar-refractivity contribution in [2.45, 2.75) is 132 Å². The summed E-state index contributed by atoms with van der Waals surface area (Å²) in [5.74, 6) is -1.23. The van der Waals surface area contributed by atoms with Crippen molar-refractivity contribution in [1.29, 1.82) is 0 Å². The highest BCUT2D eigenvalue weighted by Crippen LogP contribution is 2.35. The van der Waals surface area contributed by atoms with Crippen LogP contribution >= 0.6 is 0 Å². The molecule has 0 aromatic heterocycles. The first kappa shape index (κ1) is 39.7. The lowest BCUT2D eigenvalue weighted by atomic mass is 9.88. The molecule has 18 nitrogen and oxygen atoms in total. The van der Waals surface area contributed by atoms with Crippen LogP contribution in [0.25, 0.3) is 0 Å². The van der Waals surface area contributed by atoms with Gasteiger partial charge in [-0.2, -0.15) is 0 Å². The third-order valence-electron chi connectivity index (χ3n) is 8.92. The second-order valence-corrected chi connectivity index (χ2v) is 12.3. The molecule has 3 heterocycles. The van der Waals surface area contributed by atoms with Gasteiger partial charge in [-0.05, 0) is 13.8 Å². The van der Waals surface area contributed by atoms with Crippen LogP contribution < -0.4 is 0 Å². The molecule has 272 valence electrons. The van der Waals surface area contributed by atoms with Crippen molar-refractivity contribution in [3.8, 4) is 0 Å². The van der Waals surface area contributed by atoms with Crippen molar-refractivity contribution in [1.82, 2.24) is 0 Å². The molecule has 3 saturated heterocycles. The molecule has 3 rings (SSSR count). The summed E-state index contributed by atoms with van der Waals surface area (Å²) in [4.78, 5) is 0. The quantitative estimate of drug-likeness (QED) is 0.0721. The van der Waals surface area contributed by atoms with Crippen molar-refractivity contribution in [2.75, 3.05) is 33.0 Å². The third kappa shape index (κ3) is 9.09. The average Bonchev–Trinajstić information content (AvgIpc) is 3.04. The third-order valence-corrected chi connectivity index (χ3v) is 8.92. The van der Waals surface area contributed by atoms with Crippen LogP contribution in [-0.2, 0) is 33.2 Å². The van der Waals surface area contributed by atoms with Gasteiger partial charge in [0.05, 0.1) is 57.5 Å². The molecule has 3 fully saturated rings. The summed E-state index contributed by atoms with van der Waals surface area (Å²) in [6.45, 7) is 3.04. The fourth-order valence-corrected chi connectivity index (χ4v) is 5.58. The average molecular weight is 677 g/mol. The van der Waals surface area contributed by atoms with Gasteiger partial charge in [0.2, 0.25) is 0 Å². The fourth-order valence-electron chi connectivity index (χ4n) is 5.58. The lowest BCUT2D eigenvalue weighted by Gasteiger charge is -2.48. The fraction of sp³-hybridized carbons (Fsp3) is 1.00. The normalized spacial score (nSPS) is 44.8. The number of rotatable bonds is 15. The van der Waals surface area contributed by atoms with E-state index >= 15 is 0 Å². The number of aliphatic hydroxyl groups is 11. The number of ether oxygens (including phenoxy) is 7. The number of hydrogen-bond donors (Lipinski definition) is 11. The molecule has 0 aromatic carbocycles. The zero-order valence-electron chi connectivity index (χ0n) is 26.3. The van der Waals surface area contributed by atoms with Gasteiger partial charge in [0, 0.05) is 11.8 Å². The van der Waals surface area contributed by atoms with E-state index in [1.54, 1.807) is 20.8 Å². The van der Waals surface area contributed by atoms with E-state index in [0.29, 0.717) is 0 Å². The predicted molar refractivity (Wildman–Crippen MR) is 150 cm³/mol. The van der Waals surface area contributed by atoms with Gasteiger partial charge < -0.3 is 89.3 Å². The summed E-state index contributed by atoms with van der Waals surface area (Å²) in [6, 6.07) is 0. The smallest absolute Gasteiger partial charge is 0.186 e. The summed E-state index contributed by atoms with van der Waals surface area (Å²) >= 11 is 0. The largest absolute Gasteiger partial charge is 0.394 e. The van der Waals surface area contributed by atoms with Crippen molar-refractivity contribution in [3.63, 3.8) is 0 Å². The molecule has 3 aliphatic rings. The van der Waals surface area contributed by atoms with Crippen LogP contribution in [0, 0.1) is 11.8 Å². The Morgan fingerprint density at radius 3 is 1.78 bits per heavy atom. The topological polar surface area (TPSA) is 287 Å². The maximum atomic E-state index is 11.2.